The molecule has 86 valence electrons. The van der Waals surface area contributed by atoms with Crippen molar-refractivity contribution in [1.29, 1.82) is 0 Å². The molecular weight excluding hydrogens is 217 g/mol. The van der Waals surface area contributed by atoms with E-state index in [1.54, 1.807) is 30.3 Å². The van der Waals surface area contributed by atoms with Crippen molar-refractivity contribution in [1.82, 2.24) is 0 Å². The largest absolute Gasteiger partial charge is 0.414 e. The van der Waals surface area contributed by atoms with Gasteiger partial charge in [0.05, 0.1) is 0 Å². The summed E-state index contributed by atoms with van der Waals surface area (Å²) < 4.78 is 42.2. The van der Waals surface area contributed by atoms with Crippen molar-refractivity contribution < 1.29 is 17.9 Å². The van der Waals surface area contributed by atoms with E-state index in [2.05, 4.69) is 4.74 Å². The number of ether oxygens (including phenoxy) is 1. The fraction of sp³-hybridized carbons (Fsp3) is 0.333. The van der Waals surface area contributed by atoms with Crippen LogP contribution in [0, 0.1) is 12.3 Å². The number of hydrogen-bond acceptors (Lipinski definition) is 1. The number of alkyl halides is 3. The van der Waals surface area contributed by atoms with Crippen LogP contribution < -0.4 is 0 Å². The number of terminal acetylenes is 1. The van der Waals surface area contributed by atoms with E-state index >= 15 is 0 Å². The van der Waals surface area contributed by atoms with Crippen LogP contribution in [-0.2, 0) is 11.2 Å². The van der Waals surface area contributed by atoms with E-state index < -0.39 is 12.3 Å². The molecule has 0 aliphatic carbocycles. The van der Waals surface area contributed by atoms with E-state index in [0.29, 0.717) is 5.56 Å². The maximum Gasteiger partial charge on any atom is 0.414 e. The van der Waals surface area contributed by atoms with Crippen molar-refractivity contribution in [3.05, 3.63) is 35.9 Å². The lowest BCUT2D eigenvalue weighted by Gasteiger charge is -2.19. The summed E-state index contributed by atoms with van der Waals surface area (Å²) >= 11 is 0. The van der Waals surface area contributed by atoms with E-state index in [1.807, 2.05) is 5.92 Å². The summed E-state index contributed by atoms with van der Waals surface area (Å²) in [6, 6.07) is 8.36. The third kappa shape index (κ3) is 3.95. The highest BCUT2D eigenvalue weighted by molar-refractivity contribution is 5.15. The first-order valence-corrected chi connectivity index (χ1v) is 4.69. The van der Waals surface area contributed by atoms with Crippen LogP contribution >= 0.6 is 0 Å². The minimum atomic E-state index is -4.40. The first kappa shape index (κ1) is 12.6. The van der Waals surface area contributed by atoms with Crippen molar-refractivity contribution in [2.24, 2.45) is 0 Å². The molecule has 16 heavy (non-hydrogen) atoms. The Bertz CT molecular complexity index is 351. The normalized spacial score (nSPS) is 13.1. The smallest absolute Gasteiger partial charge is 0.356 e. The molecule has 0 saturated heterocycles. The van der Waals surface area contributed by atoms with Crippen LogP contribution in [0.1, 0.15) is 5.56 Å². The monoisotopic (exact) mass is 228 g/mol. The van der Waals surface area contributed by atoms with Crippen molar-refractivity contribution >= 4 is 0 Å². The van der Waals surface area contributed by atoms with E-state index in [-0.39, 0.29) is 13.0 Å². The van der Waals surface area contributed by atoms with Gasteiger partial charge in [0.15, 0.2) is 6.10 Å². The summed E-state index contributed by atoms with van der Waals surface area (Å²) in [5, 5.41) is 0. The van der Waals surface area contributed by atoms with Gasteiger partial charge >= 0.3 is 6.18 Å². The summed E-state index contributed by atoms with van der Waals surface area (Å²) in [5.74, 6) is 2.03. The average Bonchev–Trinajstić information content (AvgIpc) is 2.24. The fourth-order valence-electron chi connectivity index (χ4n) is 1.25. The molecule has 0 fully saturated rings. The quantitative estimate of drug-likeness (QED) is 0.720. The van der Waals surface area contributed by atoms with Crippen LogP contribution in [-0.4, -0.2) is 18.9 Å². The third-order valence-electron chi connectivity index (χ3n) is 2.00. The maximum atomic E-state index is 12.5. The molecule has 0 aliphatic rings. The molecule has 1 aromatic rings. The molecule has 0 aliphatic heterocycles. The molecule has 0 aromatic heterocycles. The number of hydrogen-bond donors (Lipinski definition) is 0. The molecule has 1 rings (SSSR count). The van der Waals surface area contributed by atoms with Gasteiger partial charge in [0, 0.05) is 6.42 Å². The predicted molar refractivity (Wildman–Crippen MR) is 54.8 cm³/mol. The third-order valence-corrected chi connectivity index (χ3v) is 2.00. The summed E-state index contributed by atoms with van der Waals surface area (Å²) in [5.41, 5.74) is 0.571. The Hall–Kier alpha value is -1.47. The lowest BCUT2D eigenvalue weighted by molar-refractivity contribution is -0.216. The van der Waals surface area contributed by atoms with Gasteiger partial charge in [-0.15, -0.1) is 6.42 Å². The predicted octanol–water partition coefficient (Wildman–Crippen LogP) is 2.81. The Morgan fingerprint density at radius 2 is 1.88 bits per heavy atom. The summed E-state index contributed by atoms with van der Waals surface area (Å²) in [4.78, 5) is 0. The Balaban J connectivity index is 2.68. The van der Waals surface area contributed by atoms with Crippen molar-refractivity contribution in [3.8, 4) is 12.3 Å². The molecule has 4 heteroatoms. The van der Waals surface area contributed by atoms with E-state index in [1.165, 1.54) is 0 Å². The van der Waals surface area contributed by atoms with Crippen molar-refractivity contribution in [3.63, 3.8) is 0 Å². The Morgan fingerprint density at radius 3 is 2.38 bits per heavy atom. The molecule has 0 N–H and O–H groups in total. The zero-order chi connectivity index (χ0) is 12.0. The second-order valence-corrected chi connectivity index (χ2v) is 3.24. The number of rotatable bonds is 4. The molecule has 0 bridgehead atoms. The first-order chi connectivity index (χ1) is 7.54. The molecule has 1 unspecified atom stereocenters. The Kier molecular flexibility index (Phi) is 4.39. The second-order valence-electron chi connectivity index (χ2n) is 3.24. The minimum absolute atomic E-state index is 0.216. The first-order valence-electron chi connectivity index (χ1n) is 4.69. The fourth-order valence-corrected chi connectivity index (χ4v) is 1.25. The minimum Gasteiger partial charge on any atom is -0.356 e. The van der Waals surface area contributed by atoms with Crippen LogP contribution in [0.4, 0.5) is 13.2 Å². The standard InChI is InChI=1S/C12H11F3O/c1-2-8-16-11(12(13,14)15)9-10-6-4-3-5-7-10/h1,3-7,11H,8-9H2. The van der Waals surface area contributed by atoms with Gasteiger partial charge in [-0.05, 0) is 5.56 Å². The van der Waals surface area contributed by atoms with E-state index in [4.69, 9.17) is 6.42 Å². The molecule has 1 aromatic carbocycles. The van der Waals surface area contributed by atoms with E-state index in [0.717, 1.165) is 0 Å². The molecule has 0 heterocycles. The molecule has 1 atom stereocenters. The van der Waals surface area contributed by atoms with Crippen LogP contribution in [0.25, 0.3) is 0 Å². The highest BCUT2D eigenvalue weighted by atomic mass is 19.4. The van der Waals surface area contributed by atoms with Gasteiger partial charge in [-0.1, -0.05) is 36.3 Å². The number of halogens is 3. The highest BCUT2D eigenvalue weighted by Crippen LogP contribution is 2.25. The molecular formula is C12H11F3O. The Labute approximate surface area is 92.2 Å². The van der Waals surface area contributed by atoms with E-state index in [9.17, 15) is 13.2 Å². The van der Waals surface area contributed by atoms with Gasteiger partial charge in [-0.3, -0.25) is 0 Å². The SMILES string of the molecule is C#CCOC(Cc1ccccc1)C(F)(F)F. The van der Waals surface area contributed by atoms with Crippen LogP contribution in [0.3, 0.4) is 0 Å². The lowest BCUT2D eigenvalue weighted by Crippen LogP contribution is -2.33. The number of benzene rings is 1. The lowest BCUT2D eigenvalue weighted by atomic mass is 10.1. The van der Waals surface area contributed by atoms with Gasteiger partial charge in [-0.25, -0.2) is 0 Å². The summed E-state index contributed by atoms with van der Waals surface area (Å²) in [6.07, 6.45) is -1.58. The Morgan fingerprint density at radius 1 is 1.25 bits per heavy atom. The van der Waals surface area contributed by atoms with Gasteiger partial charge in [0.1, 0.15) is 6.61 Å². The zero-order valence-corrected chi connectivity index (χ0v) is 8.50. The topological polar surface area (TPSA) is 9.23 Å². The molecule has 1 nitrogen and oxygen atoms in total. The van der Waals surface area contributed by atoms with Crippen molar-refractivity contribution in [2.75, 3.05) is 6.61 Å². The van der Waals surface area contributed by atoms with Gasteiger partial charge < -0.3 is 4.74 Å². The van der Waals surface area contributed by atoms with Crippen LogP contribution in [0.2, 0.25) is 0 Å². The van der Waals surface area contributed by atoms with Gasteiger partial charge in [-0.2, -0.15) is 13.2 Å². The zero-order valence-electron chi connectivity index (χ0n) is 8.50. The molecule has 0 amide bonds. The maximum absolute atomic E-state index is 12.5. The molecule has 0 radical (unpaired) electrons. The average molecular weight is 228 g/mol. The van der Waals surface area contributed by atoms with Crippen LogP contribution in [0.15, 0.2) is 30.3 Å². The van der Waals surface area contributed by atoms with Crippen molar-refractivity contribution in [2.45, 2.75) is 18.7 Å². The van der Waals surface area contributed by atoms with Gasteiger partial charge in [0.2, 0.25) is 0 Å². The van der Waals surface area contributed by atoms with Crippen LogP contribution in [0.5, 0.6) is 0 Å². The molecule has 0 spiro atoms. The highest BCUT2D eigenvalue weighted by Gasteiger charge is 2.40. The second kappa shape index (κ2) is 5.57. The van der Waals surface area contributed by atoms with Gasteiger partial charge in [0.25, 0.3) is 0 Å². The molecule has 0 saturated carbocycles. The summed E-state index contributed by atoms with van der Waals surface area (Å²) in [6.45, 7) is -0.336. The summed E-state index contributed by atoms with van der Waals surface area (Å²) in [7, 11) is 0.